The quantitative estimate of drug-likeness (QED) is 0.146. The summed E-state index contributed by atoms with van der Waals surface area (Å²) >= 11 is 0. The van der Waals surface area contributed by atoms with Gasteiger partial charge >= 0.3 is 17.9 Å². The molecule has 0 rings (SSSR count). The minimum Gasteiger partial charge on any atom is -0.550 e. The molecular formula is C26H45O8-. The number of carboxylic acids is 1. The minimum atomic E-state index is -2.65. The van der Waals surface area contributed by atoms with E-state index in [1.165, 1.54) is 32.1 Å². The molecule has 34 heavy (non-hydrogen) atoms. The molecule has 0 saturated heterocycles. The molecule has 0 amide bonds. The predicted molar refractivity (Wildman–Crippen MR) is 126 cm³/mol. The van der Waals surface area contributed by atoms with Crippen LogP contribution in [0.2, 0.25) is 0 Å². The Labute approximate surface area is 204 Å². The van der Waals surface area contributed by atoms with Gasteiger partial charge in [-0.1, -0.05) is 84.5 Å². The molecule has 0 fully saturated rings. The molecule has 0 saturated carbocycles. The summed E-state index contributed by atoms with van der Waals surface area (Å²) in [5.74, 6) is -5.03. The van der Waals surface area contributed by atoms with Crippen LogP contribution in [0.1, 0.15) is 130 Å². The van der Waals surface area contributed by atoms with E-state index >= 15 is 0 Å². The van der Waals surface area contributed by atoms with Crippen LogP contribution < -0.4 is 5.11 Å². The van der Waals surface area contributed by atoms with Crippen LogP contribution in [0.4, 0.5) is 0 Å². The number of unbranched alkanes of at least 4 members (excludes halogenated alkanes) is 11. The number of carboxylic acid groups (broad SMARTS) is 1. The Morgan fingerprint density at radius 3 is 1.62 bits per heavy atom. The summed E-state index contributed by atoms with van der Waals surface area (Å²) in [5, 5.41) is 21.8. The van der Waals surface area contributed by atoms with Crippen molar-refractivity contribution in [2.75, 3.05) is 0 Å². The van der Waals surface area contributed by atoms with E-state index in [-0.39, 0.29) is 0 Å². The van der Waals surface area contributed by atoms with Crippen molar-refractivity contribution in [3.63, 3.8) is 0 Å². The number of ether oxygens (including phenoxy) is 2. The Kier molecular flexibility index (Phi) is 18.2. The Hall–Kier alpha value is -1.96. The molecule has 8 heteroatoms. The predicted octanol–water partition coefficient (Wildman–Crippen LogP) is 4.14. The fraction of sp³-hybridized carbons (Fsp3) is 0.846. The van der Waals surface area contributed by atoms with Crippen LogP contribution >= 0.6 is 0 Å². The molecule has 0 heterocycles. The van der Waals surface area contributed by atoms with Crippen LogP contribution in [0.3, 0.4) is 0 Å². The number of esters is 3. The highest BCUT2D eigenvalue weighted by molar-refractivity contribution is 5.92. The van der Waals surface area contributed by atoms with Gasteiger partial charge in [0.25, 0.3) is 0 Å². The highest BCUT2D eigenvalue weighted by Crippen LogP contribution is 2.23. The zero-order valence-electron chi connectivity index (χ0n) is 21.4. The molecule has 0 spiro atoms. The summed E-state index contributed by atoms with van der Waals surface area (Å²) in [6.07, 6.45) is 12.8. The topological polar surface area (TPSA) is 130 Å². The molecule has 0 aliphatic heterocycles. The molecule has 2 unspecified atom stereocenters. The number of hydrogen-bond donors (Lipinski definition) is 1. The second-order valence-electron chi connectivity index (χ2n) is 9.22. The van der Waals surface area contributed by atoms with Gasteiger partial charge in [0.05, 0.1) is 6.42 Å². The van der Waals surface area contributed by atoms with E-state index in [0.29, 0.717) is 12.8 Å². The highest BCUT2D eigenvalue weighted by atomic mass is 16.6. The minimum absolute atomic E-state index is 0.480. The number of aliphatic carboxylic acids is 1. The summed E-state index contributed by atoms with van der Waals surface area (Å²) in [7, 11) is 0. The summed E-state index contributed by atoms with van der Waals surface area (Å²) < 4.78 is 9.88. The summed E-state index contributed by atoms with van der Waals surface area (Å²) in [4.78, 5) is 46.7. The van der Waals surface area contributed by atoms with Gasteiger partial charge in [-0.05, 0) is 25.7 Å². The van der Waals surface area contributed by atoms with Gasteiger partial charge in [-0.15, -0.1) is 0 Å². The fourth-order valence-electron chi connectivity index (χ4n) is 3.89. The average Bonchev–Trinajstić information content (AvgIpc) is 2.73. The maximum absolute atomic E-state index is 12.8. The lowest BCUT2D eigenvalue weighted by Crippen LogP contribution is -2.48. The molecule has 0 bridgehead atoms. The van der Waals surface area contributed by atoms with Crippen molar-refractivity contribution in [1.29, 1.82) is 0 Å². The number of carbonyl (C=O) groups is 4. The molecule has 1 N–H and O–H groups in total. The van der Waals surface area contributed by atoms with E-state index < -0.39 is 48.4 Å². The normalized spacial score (nSPS) is 13.6. The molecule has 0 radical (unpaired) electrons. The second kappa shape index (κ2) is 19.4. The molecule has 2 atom stereocenters. The van der Waals surface area contributed by atoms with Gasteiger partial charge < -0.3 is 24.5 Å². The van der Waals surface area contributed by atoms with Crippen molar-refractivity contribution in [1.82, 2.24) is 0 Å². The fourth-order valence-corrected chi connectivity index (χ4v) is 3.89. The van der Waals surface area contributed by atoms with Gasteiger partial charge in [0.2, 0.25) is 0 Å². The first kappa shape index (κ1) is 32.0. The van der Waals surface area contributed by atoms with E-state index in [1.807, 2.05) is 0 Å². The van der Waals surface area contributed by atoms with Crippen LogP contribution in [0.15, 0.2) is 0 Å². The van der Waals surface area contributed by atoms with Crippen molar-refractivity contribution in [2.24, 2.45) is 0 Å². The van der Waals surface area contributed by atoms with Crippen molar-refractivity contribution in [2.45, 2.75) is 142 Å². The van der Waals surface area contributed by atoms with E-state index in [0.717, 1.165) is 58.3 Å². The lowest BCUT2D eigenvalue weighted by Gasteiger charge is -2.28. The highest BCUT2D eigenvalue weighted by Gasteiger charge is 2.42. The van der Waals surface area contributed by atoms with Gasteiger partial charge in [-0.2, -0.15) is 0 Å². The third kappa shape index (κ3) is 16.6. The van der Waals surface area contributed by atoms with E-state index in [4.69, 9.17) is 4.74 Å². The standard InChI is InChI=1S/C26H46O8/c1-4-6-8-10-12-14-16-18-22(17-15-13-11-9-7-5-2)34-25(31)26(32,19-23(28)29)20-24(30)33-21(3)27/h22,32H,4-20H2,1-3H3,(H,28,29)/p-1. The summed E-state index contributed by atoms with van der Waals surface area (Å²) in [6, 6.07) is 0. The molecule has 0 aliphatic carbocycles. The summed E-state index contributed by atoms with van der Waals surface area (Å²) in [6.45, 7) is 5.31. The number of aliphatic hydroxyl groups is 1. The van der Waals surface area contributed by atoms with Crippen molar-refractivity contribution in [3.05, 3.63) is 0 Å². The zero-order valence-corrected chi connectivity index (χ0v) is 21.4. The van der Waals surface area contributed by atoms with Crippen molar-refractivity contribution < 1.29 is 38.9 Å². The van der Waals surface area contributed by atoms with Crippen LogP contribution in [0, 0.1) is 0 Å². The smallest absolute Gasteiger partial charge is 0.339 e. The Morgan fingerprint density at radius 1 is 0.765 bits per heavy atom. The van der Waals surface area contributed by atoms with Gasteiger partial charge in [-0.25, -0.2) is 4.79 Å². The maximum atomic E-state index is 12.8. The molecule has 0 aromatic heterocycles. The first-order chi connectivity index (χ1) is 16.1. The SMILES string of the molecule is CCCCCCCCCC(CCCCCCCC)OC(=O)C(O)(CC(=O)[O-])CC(=O)OC(C)=O. The van der Waals surface area contributed by atoms with E-state index in [2.05, 4.69) is 18.6 Å². The van der Waals surface area contributed by atoms with Crippen LogP contribution in [0.5, 0.6) is 0 Å². The number of carbonyl (C=O) groups excluding carboxylic acids is 4. The molecule has 8 nitrogen and oxygen atoms in total. The van der Waals surface area contributed by atoms with Crippen LogP contribution in [-0.4, -0.2) is 40.7 Å². The molecular weight excluding hydrogens is 440 g/mol. The summed E-state index contributed by atoms with van der Waals surface area (Å²) in [5.41, 5.74) is -2.65. The van der Waals surface area contributed by atoms with Gasteiger partial charge in [-0.3, -0.25) is 9.59 Å². The lowest BCUT2D eigenvalue weighted by molar-refractivity contribution is -0.309. The van der Waals surface area contributed by atoms with Gasteiger partial charge in [0.1, 0.15) is 6.10 Å². The third-order valence-electron chi connectivity index (χ3n) is 5.79. The van der Waals surface area contributed by atoms with Crippen LogP contribution in [0.25, 0.3) is 0 Å². The van der Waals surface area contributed by atoms with Gasteiger partial charge in [0.15, 0.2) is 5.60 Å². The van der Waals surface area contributed by atoms with Crippen molar-refractivity contribution >= 4 is 23.9 Å². The first-order valence-corrected chi connectivity index (χ1v) is 13.0. The van der Waals surface area contributed by atoms with E-state index in [9.17, 15) is 29.4 Å². The van der Waals surface area contributed by atoms with E-state index in [1.54, 1.807) is 0 Å². The monoisotopic (exact) mass is 485 g/mol. The number of rotatable bonds is 21. The average molecular weight is 486 g/mol. The number of hydrogen-bond acceptors (Lipinski definition) is 8. The third-order valence-corrected chi connectivity index (χ3v) is 5.79. The first-order valence-electron chi connectivity index (χ1n) is 13.0. The maximum Gasteiger partial charge on any atom is 0.339 e. The Morgan fingerprint density at radius 2 is 1.21 bits per heavy atom. The van der Waals surface area contributed by atoms with Crippen LogP contribution in [-0.2, 0) is 28.7 Å². The molecule has 0 aromatic carbocycles. The Balaban J connectivity index is 5.00. The van der Waals surface area contributed by atoms with Crippen molar-refractivity contribution in [3.8, 4) is 0 Å². The molecule has 0 aromatic rings. The second-order valence-corrected chi connectivity index (χ2v) is 9.22. The Bertz CT molecular complexity index is 604. The molecule has 198 valence electrons. The zero-order chi connectivity index (χ0) is 25.8. The molecule has 0 aliphatic rings. The lowest BCUT2D eigenvalue weighted by atomic mass is 9.95. The largest absolute Gasteiger partial charge is 0.550 e. The van der Waals surface area contributed by atoms with Gasteiger partial charge in [0, 0.05) is 19.3 Å².